The van der Waals surface area contributed by atoms with Crippen LogP contribution in [0.2, 0.25) is 0 Å². The molecule has 0 fully saturated rings. The molecule has 0 radical (unpaired) electrons. The molecule has 0 bridgehead atoms. The average Bonchev–Trinajstić information content (AvgIpc) is 3.07. The van der Waals surface area contributed by atoms with Crippen molar-refractivity contribution >= 4 is 34.2 Å². The second-order valence-corrected chi connectivity index (χ2v) is 8.25. The number of carbonyl (C=O) groups excluding carboxylic acids is 3. The van der Waals surface area contributed by atoms with Crippen molar-refractivity contribution in [1.82, 2.24) is 0 Å². The van der Waals surface area contributed by atoms with Gasteiger partial charge in [0.1, 0.15) is 16.3 Å². The van der Waals surface area contributed by atoms with Gasteiger partial charge < -0.3 is 19.9 Å². The zero-order valence-electron chi connectivity index (χ0n) is 17.2. The fourth-order valence-corrected chi connectivity index (χ4v) is 4.67. The molecule has 1 aromatic heterocycles. The Morgan fingerprint density at radius 3 is 2.67 bits per heavy atom. The quantitative estimate of drug-likeness (QED) is 0.671. The number of aryl methyl sites for hydroxylation is 2. The Hall–Kier alpha value is -2.87. The highest BCUT2D eigenvalue weighted by Crippen LogP contribution is 2.38. The Morgan fingerprint density at radius 2 is 1.93 bits per heavy atom. The summed E-state index contributed by atoms with van der Waals surface area (Å²) < 4.78 is 10.4. The third-order valence-corrected chi connectivity index (χ3v) is 6.21. The minimum absolute atomic E-state index is 0.00606. The van der Waals surface area contributed by atoms with Crippen molar-refractivity contribution in [1.29, 1.82) is 0 Å². The van der Waals surface area contributed by atoms with Crippen molar-refractivity contribution in [3.8, 4) is 5.75 Å². The first-order valence-corrected chi connectivity index (χ1v) is 10.8. The van der Waals surface area contributed by atoms with E-state index in [4.69, 9.17) is 9.47 Å². The van der Waals surface area contributed by atoms with Crippen LogP contribution < -0.4 is 5.32 Å². The van der Waals surface area contributed by atoms with Gasteiger partial charge in [0.25, 0.3) is 5.91 Å². The number of hydrogen-bond acceptors (Lipinski definition) is 7. The molecule has 1 aliphatic rings. The van der Waals surface area contributed by atoms with E-state index in [-0.39, 0.29) is 17.9 Å². The number of para-hydroxylation sites is 1. The maximum Gasteiger partial charge on any atom is 0.342 e. The zero-order chi connectivity index (χ0) is 21.8. The van der Waals surface area contributed by atoms with Gasteiger partial charge in [-0.15, -0.1) is 11.3 Å². The molecule has 1 amide bonds. The number of anilines is 1. The van der Waals surface area contributed by atoms with Gasteiger partial charge in [-0.1, -0.05) is 12.1 Å². The van der Waals surface area contributed by atoms with E-state index < -0.39 is 23.9 Å². The molecule has 30 heavy (non-hydrogen) atoms. The second kappa shape index (κ2) is 9.30. The molecule has 7 nitrogen and oxygen atoms in total. The molecule has 2 aromatic rings. The van der Waals surface area contributed by atoms with Crippen molar-refractivity contribution in [2.24, 2.45) is 0 Å². The summed E-state index contributed by atoms with van der Waals surface area (Å²) in [6.45, 7) is 5.08. The van der Waals surface area contributed by atoms with E-state index in [1.165, 1.54) is 24.3 Å². The van der Waals surface area contributed by atoms with Crippen LogP contribution in [0.25, 0.3) is 0 Å². The third kappa shape index (κ3) is 4.48. The lowest BCUT2D eigenvalue weighted by atomic mass is 9.95. The Kier molecular flexibility index (Phi) is 6.77. The smallest absolute Gasteiger partial charge is 0.342 e. The minimum Gasteiger partial charge on any atom is -0.507 e. The molecular formula is C22H25NO6S. The number of hydrogen-bond donors (Lipinski definition) is 2. The number of ether oxygens (including phenoxy) is 2. The molecule has 2 N–H and O–H groups in total. The molecule has 1 aromatic carbocycles. The largest absolute Gasteiger partial charge is 0.507 e. The molecule has 0 aliphatic heterocycles. The number of benzene rings is 1. The van der Waals surface area contributed by atoms with Crippen molar-refractivity contribution in [2.75, 3.05) is 11.9 Å². The number of phenols is 1. The summed E-state index contributed by atoms with van der Waals surface area (Å²) in [6.07, 6.45) is 2.54. The van der Waals surface area contributed by atoms with Crippen LogP contribution >= 0.6 is 11.3 Å². The number of thiophene rings is 1. The van der Waals surface area contributed by atoms with E-state index in [0.29, 0.717) is 16.1 Å². The first-order valence-electron chi connectivity index (χ1n) is 9.95. The van der Waals surface area contributed by atoms with Gasteiger partial charge in [0.05, 0.1) is 12.2 Å². The summed E-state index contributed by atoms with van der Waals surface area (Å²) in [5, 5.41) is 13.2. The van der Waals surface area contributed by atoms with Crippen LogP contribution in [-0.2, 0) is 27.1 Å². The predicted octanol–water partition coefficient (Wildman–Crippen LogP) is 4.00. The lowest BCUT2D eigenvalue weighted by Gasteiger charge is -2.15. The van der Waals surface area contributed by atoms with Crippen molar-refractivity contribution in [3.63, 3.8) is 0 Å². The molecule has 0 saturated heterocycles. The van der Waals surface area contributed by atoms with E-state index in [2.05, 4.69) is 5.32 Å². The SMILES string of the molecule is CCOC(=O)c1c(NC(=O)C(C)OC(=O)c2cccc(C)c2O)sc2c1CCCC2. The molecule has 8 heteroatoms. The van der Waals surface area contributed by atoms with Crippen LogP contribution in [0.4, 0.5) is 5.00 Å². The number of nitrogens with one attached hydrogen (secondary N) is 1. The Bertz CT molecular complexity index is 980. The van der Waals surface area contributed by atoms with E-state index >= 15 is 0 Å². The summed E-state index contributed by atoms with van der Waals surface area (Å²) in [7, 11) is 0. The molecule has 1 unspecified atom stereocenters. The zero-order valence-corrected chi connectivity index (χ0v) is 18.1. The number of aromatic hydroxyl groups is 1. The lowest BCUT2D eigenvalue weighted by Crippen LogP contribution is -2.30. The fourth-order valence-electron chi connectivity index (χ4n) is 3.39. The van der Waals surface area contributed by atoms with E-state index in [9.17, 15) is 19.5 Å². The maximum absolute atomic E-state index is 12.7. The number of rotatable bonds is 6. The highest BCUT2D eigenvalue weighted by molar-refractivity contribution is 7.17. The van der Waals surface area contributed by atoms with Gasteiger partial charge in [-0.25, -0.2) is 9.59 Å². The third-order valence-electron chi connectivity index (χ3n) is 5.00. The molecular weight excluding hydrogens is 406 g/mol. The van der Waals surface area contributed by atoms with Gasteiger partial charge in [0.15, 0.2) is 6.10 Å². The summed E-state index contributed by atoms with van der Waals surface area (Å²) in [5.74, 6) is -1.98. The highest BCUT2D eigenvalue weighted by Gasteiger charge is 2.29. The maximum atomic E-state index is 12.7. The normalized spacial score (nSPS) is 13.8. The summed E-state index contributed by atoms with van der Waals surface area (Å²) in [5.41, 5.74) is 1.87. The predicted molar refractivity (Wildman–Crippen MR) is 113 cm³/mol. The summed E-state index contributed by atoms with van der Waals surface area (Å²) >= 11 is 1.37. The van der Waals surface area contributed by atoms with E-state index in [0.717, 1.165) is 36.1 Å². The van der Waals surface area contributed by atoms with E-state index in [1.54, 1.807) is 26.0 Å². The molecule has 1 aliphatic carbocycles. The topological polar surface area (TPSA) is 102 Å². The van der Waals surface area contributed by atoms with Crippen LogP contribution in [-0.4, -0.2) is 35.7 Å². The molecule has 0 saturated carbocycles. The molecule has 1 heterocycles. The first-order chi connectivity index (χ1) is 14.3. The molecule has 1 atom stereocenters. The number of amides is 1. The van der Waals surface area contributed by atoms with Crippen LogP contribution in [0.1, 0.15) is 63.4 Å². The monoisotopic (exact) mass is 431 g/mol. The van der Waals surface area contributed by atoms with Crippen LogP contribution in [0.15, 0.2) is 18.2 Å². The lowest BCUT2D eigenvalue weighted by molar-refractivity contribution is -0.123. The van der Waals surface area contributed by atoms with Gasteiger partial charge in [-0.2, -0.15) is 0 Å². The van der Waals surface area contributed by atoms with Crippen molar-refractivity contribution in [2.45, 2.75) is 52.6 Å². The van der Waals surface area contributed by atoms with E-state index in [1.807, 2.05) is 0 Å². The molecule has 0 spiro atoms. The second-order valence-electron chi connectivity index (χ2n) is 7.14. The number of phenolic OH excluding ortho intramolecular Hbond substituents is 1. The number of esters is 2. The average molecular weight is 432 g/mol. The van der Waals surface area contributed by atoms with Crippen molar-refractivity contribution in [3.05, 3.63) is 45.3 Å². The fraction of sp³-hybridized carbons (Fsp3) is 0.409. The van der Waals surface area contributed by atoms with Crippen LogP contribution in [0.5, 0.6) is 5.75 Å². The standard InChI is InChI=1S/C22H25NO6S/c1-4-28-22(27)17-14-9-5-6-11-16(14)30-20(17)23-19(25)13(3)29-21(26)15-10-7-8-12(2)18(15)24/h7-8,10,13,24H,4-6,9,11H2,1-3H3,(H,23,25). The van der Waals surface area contributed by atoms with Gasteiger partial charge in [0, 0.05) is 4.88 Å². The number of carbonyl (C=O) groups is 3. The van der Waals surface area contributed by atoms with Gasteiger partial charge in [0.2, 0.25) is 0 Å². The van der Waals surface area contributed by atoms with Crippen molar-refractivity contribution < 1.29 is 29.0 Å². The Labute approximate surface area is 179 Å². The Morgan fingerprint density at radius 1 is 1.20 bits per heavy atom. The summed E-state index contributed by atoms with van der Waals surface area (Å²) in [4.78, 5) is 38.6. The minimum atomic E-state index is -1.12. The van der Waals surface area contributed by atoms with Gasteiger partial charge in [-0.05, 0) is 63.6 Å². The van der Waals surface area contributed by atoms with Crippen LogP contribution in [0, 0.1) is 6.92 Å². The van der Waals surface area contributed by atoms with Gasteiger partial charge in [-0.3, -0.25) is 4.79 Å². The summed E-state index contributed by atoms with van der Waals surface area (Å²) in [6, 6.07) is 4.72. The van der Waals surface area contributed by atoms with Gasteiger partial charge >= 0.3 is 11.9 Å². The number of fused-ring (bicyclic) bond motifs is 1. The highest BCUT2D eigenvalue weighted by atomic mass is 32.1. The van der Waals surface area contributed by atoms with Crippen LogP contribution in [0.3, 0.4) is 0 Å². The first kappa shape index (κ1) is 21.8. The molecule has 160 valence electrons. The Balaban J connectivity index is 1.76. The molecule has 3 rings (SSSR count).